The van der Waals surface area contributed by atoms with Gasteiger partial charge in [0.2, 0.25) is 0 Å². The molecule has 2 N–H and O–H groups in total. The van der Waals surface area contributed by atoms with E-state index in [0.29, 0.717) is 19.5 Å². The summed E-state index contributed by atoms with van der Waals surface area (Å²) < 4.78 is 2.22. The van der Waals surface area contributed by atoms with Gasteiger partial charge in [0.25, 0.3) is 0 Å². The standard InChI is InChI=1S/C16H23N3O2/c1-2-19-14-7-4-3-6-13(14)17-15(19)10-18-9-5-8-16(21,11-18)12-20/h3-4,6-7,20-21H,2,5,8-12H2,1H3. The summed E-state index contributed by atoms with van der Waals surface area (Å²) >= 11 is 0. The van der Waals surface area contributed by atoms with Crippen molar-refractivity contribution in [1.29, 1.82) is 0 Å². The minimum Gasteiger partial charge on any atom is -0.393 e. The van der Waals surface area contributed by atoms with Gasteiger partial charge in [0.1, 0.15) is 11.4 Å². The smallest absolute Gasteiger partial charge is 0.124 e. The summed E-state index contributed by atoms with van der Waals surface area (Å²) in [5.41, 5.74) is 1.22. The van der Waals surface area contributed by atoms with Gasteiger partial charge in [-0.25, -0.2) is 4.98 Å². The van der Waals surface area contributed by atoms with Gasteiger partial charge < -0.3 is 14.8 Å². The minimum atomic E-state index is -0.957. The van der Waals surface area contributed by atoms with Crippen LogP contribution in [-0.4, -0.2) is 50.0 Å². The van der Waals surface area contributed by atoms with Crippen molar-refractivity contribution in [2.24, 2.45) is 0 Å². The van der Waals surface area contributed by atoms with Crippen LogP contribution in [0.25, 0.3) is 11.0 Å². The first-order valence-corrected chi connectivity index (χ1v) is 7.65. The number of aliphatic hydroxyl groups excluding tert-OH is 1. The molecule has 1 aromatic carbocycles. The van der Waals surface area contributed by atoms with Crippen LogP contribution in [0.3, 0.4) is 0 Å². The highest BCUT2D eigenvalue weighted by atomic mass is 16.3. The molecule has 5 nitrogen and oxygen atoms in total. The predicted molar refractivity (Wildman–Crippen MR) is 82.0 cm³/mol. The van der Waals surface area contributed by atoms with Gasteiger partial charge in [0, 0.05) is 13.1 Å². The summed E-state index contributed by atoms with van der Waals surface area (Å²) in [6.07, 6.45) is 1.58. The molecule has 0 amide bonds. The zero-order chi connectivity index (χ0) is 14.9. The number of piperidine rings is 1. The first-order valence-electron chi connectivity index (χ1n) is 7.65. The molecular weight excluding hydrogens is 266 g/mol. The van der Waals surface area contributed by atoms with Crippen LogP contribution in [0.1, 0.15) is 25.6 Å². The van der Waals surface area contributed by atoms with Crippen molar-refractivity contribution < 1.29 is 10.2 Å². The highest BCUT2D eigenvalue weighted by Gasteiger charge is 2.33. The molecule has 0 saturated carbocycles. The molecule has 2 heterocycles. The Morgan fingerprint density at radius 1 is 1.33 bits per heavy atom. The molecule has 3 rings (SSSR count). The average molecular weight is 289 g/mol. The SMILES string of the molecule is CCn1c(CN2CCCC(O)(CO)C2)nc2ccccc21. The summed E-state index contributed by atoms with van der Waals surface area (Å²) in [4.78, 5) is 6.92. The van der Waals surface area contributed by atoms with Crippen molar-refractivity contribution in [3.8, 4) is 0 Å². The van der Waals surface area contributed by atoms with Crippen LogP contribution < -0.4 is 0 Å². The number of aromatic nitrogens is 2. The van der Waals surface area contributed by atoms with E-state index in [2.05, 4.69) is 22.5 Å². The van der Waals surface area contributed by atoms with Crippen molar-refractivity contribution in [3.05, 3.63) is 30.1 Å². The van der Waals surface area contributed by atoms with E-state index in [9.17, 15) is 10.2 Å². The lowest BCUT2D eigenvalue weighted by atomic mass is 9.94. The Morgan fingerprint density at radius 3 is 2.90 bits per heavy atom. The van der Waals surface area contributed by atoms with E-state index in [-0.39, 0.29) is 6.61 Å². The van der Waals surface area contributed by atoms with E-state index in [4.69, 9.17) is 4.98 Å². The molecule has 1 aliphatic heterocycles. The highest BCUT2D eigenvalue weighted by molar-refractivity contribution is 5.75. The number of aliphatic hydroxyl groups is 2. The Hall–Kier alpha value is -1.43. The zero-order valence-electron chi connectivity index (χ0n) is 12.5. The van der Waals surface area contributed by atoms with Gasteiger partial charge in [0.15, 0.2) is 0 Å². The van der Waals surface area contributed by atoms with E-state index in [1.54, 1.807) is 0 Å². The molecule has 1 aliphatic rings. The molecule has 1 atom stereocenters. The van der Waals surface area contributed by atoms with Crippen molar-refractivity contribution >= 4 is 11.0 Å². The maximum atomic E-state index is 10.3. The van der Waals surface area contributed by atoms with Crippen LogP contribution in [0.2, 0.25) is 0 Å². The number of hydrogen-bond acceptors (Lipinski definition) is 4. The second kappa shape index (κ2) is 5.75. The average Bonchev–Trinajstić information content (AvgIpc) is 2.84. The zero-order valence-corrected chi connectivity index (χ0v) is 12.5. The normalized spacial score (nSPS) is 23.8. The monoisotopic (exact) mass is 289 g/mol. The Kier molecular flexibility index (Phi) is 3.97. The van der Waals surface area contributed by atoms with E-state index in [1.807, 2.05) is 18.2 Å². The first-order chi connectivity index (χ1) is 10.1. The number of β-amino-alcohol motifs (C(OH)–C–C–N with tert-alkyl or cyclic N) is 1. The van der Waals surface area contributed by atoms with E-state index in [1.165, 1.54) is 0 Å². The lowest BCUT2D eigenvalue weighted by molar-refractivity contribution is -0.0692. The molecule has 5 heteroatoms. The summed E-state index contributed by atoms with van der Waals surface area (Å²) in [7, 11) is 0. The topological polar surface area (TPSA) is 61.5 Å². The van der Waals surface area contributed by atoms with Crippen molar-refractivity contribution in [3.63, 3.8) is 0 Å². The Bertz CT molecular complexity index is 625. The number of rotatable bonds is 4. The molecule has 2 aromatic rings. The number of nitrogens with zero attached hydrogens (tertiary/aromatic N) is 3. The van der Waals surface area contributed by atoms with Gasteiger partial charge >= 0.3 is 0 Å². The van der Waals surface area contributed by atoms with Crippen molar-refractivity contribution in [1.82, 2.24) is 14.5 Å². The summed E-state index contributed by atoms with van der Waals surface area (Å²) in [6, 6.07) is 8.16. The summed E-state index contributed by atoms with van der Waals surface area (Å²) in [5, 5.41) is 19.6. The number of para-hydroxylation sites is 2. The molecule has 1 aromatic heterocycles. The minimum absolute atomic E-state index is 0.173. The third kappa shape index (κ3) is 2.81. The lowest BCUT2D eigenvalue weighted by Gasteiger charge is -2.37. The third-order valence-electron chi connectivity index (χ3n) is 4.34. The second-order valence-electron chi connectivity index (χ2n) is 5.96. The van der Waals surface area contributed by atoms with Gasteiger partial charge in [-0.05, 0) is 38.4 Å². The summed E-state index contributed by atoms with van der Waals surface area (Å²) in [5.74, 6) is 1.03. The fourth-order valence-corrected chi connectivity index (χ4v) is 3.27. The molecule has 1 saturated heterocycles. The molecule has 0 aliphatic carbocycles. The van der Waals surface area contributed by atoms with Crippen LogP contribution in [0.15, 0.2) is 24.3 Å². The lowest BCUT2D eigenvalue weighted by Crippen LogP contribution is -2.50. The van der Waals surface area contributed by atoms with Gasteiger partial charge in [-0.1, -0.05) is 12.1 Å². The number of benzene rings is 1. The maximum absolute atomic E-state index is 10.3. The van der Waals surface area contributed by atoms with Crippen LogP contribution in [-0.2, 0) is 13.1 Å². The Morgan fingerprint density at radius 2 is 2.14 bits per heavy atom. The number of hydrogen-bond donors (Lipinski definition) is 2. The molecular formula is C16H23N3O2. The molecule has 114 valence electrons. The van der Waals surface area contributed by atoms with E-state index < -0.39 is 5.60 Å². The quantitative estimate of drug-likeness (QED) is 0.892. The van der Waals surface area contributed by atoms with Gasteiger partial charge in [0.05, 0.1) is 24.2 Å². The number of aryl methyl sites for hydroxylation is 1. The molecule has 0 bridgehead atoms. The highest BCUT2D eigenvalue weighted by Crippen LogP contribution is 2.23. The number of imidazole rings is 1. The first kappa shape index (κ1) is 14.5. The Balaban J connectivity index is 1.84. The maximum Gasteiger partial charge on any atom is 0.124 e. The molecule has 0 spiro atoms. The van der Waals surface area contributed by atoms with E-state index >= 15 is 0 Å². The second-order valence-corrected chi connectivity index (χ2v) is 5.96. The number of likely N-dealkylation sites (tertiary alicyclic amines) is 1. The number of fused-ring (bicyclic) bond motifs is 1. The van der Waals surface area contributed by atoms with Crippen molar-refractivity contribution in [2.45, 2.75) is 38.5 Å². The fraction of sp³-hybridized carbons (Fsp3) is 0.562. The predicted octanol–water partition coefficient (Wildman–Crippen LogP) is 1.38. The molecule has 0 radical (unpaired) electrons. The largest absolute Gasteiger partial charge is 0.393 e. The van der Waals surface area contributed by atoms with Gasteiger partial charge in [-0.15, -0.1) is 0 Å². The van der Waals surface area contributed by atoms with Gasteiger partial charge in [-0.2, -0.15) is 0 Å². The van der Waals surface area contributed by atoms with Gasteiger partial charge in [-0.3, -0.25) is 4.90 Å². The summed E-state index contributed by atoms with van der Waals surface area (Å²) in [6.45, 7) is 5.00. The van der Waals surface area contributed by atoms with Crippen LogP contribution >= 0.6 is 0 Å². The van der Waals surface area contributed by atoms with Crippen LogP contribution in [0, 0.1) is 0 Å². The van der Waals surface area contributed by atoms with E-state index in [0.717, 1.165) is 36.4 Å². The molecule has 1 unspecified atom stereocenters. The third-order valence-corrected chi connectivity index (χ3v) is 4.34. The molecule has 1 fully saturated rings. The van der Waals surface area contributed by atoms with Crippen LogP contribution in [0.4, 0.5) is 0 Å². The fourth-order valence-electron chi connectivity index (χ4n) is 3.27. The molecule has 21 heavy (non-hydrogen) atoms. The van der Waals surface area contributed by atoms with Crippen molar-refractivity contribution in [2.75, 3.05) is 19.7 Å². The van der Waals surface area contributed by atoms with Crippen LogP contribution in [0.5, 0.6) is 0 Å². The Labute approximate surface area is 124 Å².